The number of nitrogens with zero attached hydrogens (tertiary/aromatic N) is 4. The number of rotatable bonds is 60. The average Bonchev–Trinajstić information content (AvgIpc) is 1.59. The second-order valence-electron chi connectivity index (χ2n) is 33.2. The molecule has 1 aromatic carbocycles. The van der Waals surface area contributed by atoms with Crippen LogP contribution in [0.15, 0.2) is 55.6 Å². The lowest BCUT2D eigenvalue weighted by Gasteiger charge is -2.44. The van der Waals surface area contributed by atoms with Gasteiger partial charge in [0.05, 0.1) is 21.5 Å². The molecule has 2 aliphatic carbocycles. The minimum Gasteiger partial charge on any atom is -0.275 e. The summed E-state index contributed by atoms with van der Waals surface area (Å²) in [5, 5.41) is 1.02. The van der Waals surface area contributed by atoms with Crippen LogP contribution < -0.4 is 22.2 Å². The molecular weight excluding hydrogens is 1270 g/mol. The van der Waals surface area contributed by atoms with Crippen molar-refractivity contribution in [1.82, 2.24) is 18.9 Å². The number of unbranched alkanes of at least 4 members (excludes halogenated alkanes) is 36. The molecule has 574 valence electrons. The highest BCUT2D eigenvalue weighted by Crippen LogP contribution is 2.49. The van der Waals surface area contributed by atoms with E-state index in [4.69, 9.17) is 0 Å². The van der Waals surface area contributed by atoms with Gasteiger partial charge >= 0.3 is 0 Å². The summed E-state index contributed by atoms with van der Waals surface area (Å²) in [6, 6.07) is 3.08. The molecule has 0 saturated heterocycles. The van der Waals surface area contributed by atoms with Crippen LogP contribution in [0.25, 0.3) is 21.5 Å². The molecule has 0 bridgehead atoms. The van der Waals surface area contributed by atoms with E-state index in [0.717, 1.165) is 137 Å². The number of carbonyl (C=O) groups is 4. The predicted octanol–water partition coefficient (Wildman–Crippen LogP) is 22.6. The third-order valence-electron chi connectivity index (χ3n) is 25.5. The average molecular weight is 1410 g/mol. The quantitative estimate of drug-likeness (QED) is 0.0400. The van der Waals surface area contributed by atoms with Crippen molar-refractivity contribution in [3.8, 4) is 0 Å². The topological polar surface area (TPSA) is 153 Å². The van der Waals surface area contributed by atoms with Gasteiger partial charge in [0.2, 0.25) is 0 Å². The van der Waals surface area contributed by atoms with Gasteiger partial charge in [-0.3, -0.25) is 57.3 Å². The molecule has 0 N–H and O–H groups in total. The maximum Gasteiger partial charge on any atom is 0.261 e. The smallest absolute Gasteiger partial charge is 0.261 e. The molecule has 2 aromatic heterocycles. The van der Waals surface area contributed by atoms with Crippen LogP contribution in [0.4, 0.5) is 0 Å². The molecule has 0 radical (unpaired) electrons. The minimum atomic E-state index is -0.347. The molecule has 4 amide bonds. The third kappa shape index (κ3) is 27.9. The summed E-state index contributed by atoms with van der Waals surface area (Å²) in [5.74, 6) is 6.03. The SMILES string of the molecule is CCCCCCCCC1CC(CCCCCCCCN2C(=O)C=CC2=O)C(CCCCCCCCn2c(=O)c3cc4c(=O)n(CCCCCCCCC5C(CCCCCCCCN6C(=O)C=CC6=O)CCC(CCCCCC)C5CCCCCCCC)c(=O)c4cc3c2=O)CC1CCCCCC. The van der Waals surface area contributed by atoms with Crippen molar-refractivity contribution in [2.75, 3.05) is 13.1 Å². The van der Waals surface area contributed by atoms with Crippen molar-refractivity contribution in [3.05, 3.63) is 77.9 Å². The fraction of sp³-hybridized carbons (Fsp3) is 0.800. The number of benzene rings is 1. The first-order valence-electron chi connectivity index (χ1n) is 43.9. The highest BCUT2D eigenvalue weighted by Gasteiger charge is 2.39. The summed E-state index contributed by atoms with van der Waals surface area (Å²) in [5.41, 5.74) is -1.39. The molecular formula is C90H146N4O8. The number of amides is 4. The molecule has 3 aromatic rings. The minimum absolute atomic E-state index is 0.170. The fourth-order valence-corrected chi connectivity index (χ4v) is 19.4. The largest absolute Gasteiger partial charge is 0.275 e. The molecule has 8 unspecified atom stereocenters. The van der Waals surface area contributed by atoms with Crippen molar-refractivity contribution in [1.29, 1.82) is 0 Å². The highest BCUT2D eigenvalue weighted by atomic mass is 16.2. The third-order valence-corrected chi connectivity index (χ3v) is 25.5. The van der Waals surface area contributed by atoms with Gasteiger partial charge in [-0.25, -0.2) is 0 Å². The first kappa shape index (κ1) is 84.5. The molecule has 0 spiro atoms. The van der Waals surface area contributed by atoms with Crippen molar-refractivity contribution in [2.45, 2.75) is 400 Å². The number of hydrogen-bond acceptors (Lipinski definition) is 8. The summed E-state index contributed by atoms with van der Waals surface area (Å²) in [6.45, 7) is 11.0. The molecule has 7 rings (SSSR count). The van der Waals surface area contributed by atoms with E-state index in [-0.39, 0.29) is 67.4 Å². The van der Waals surface area contributed by atoms with Gasteiger partial charge in [-0.15, -0.1) is 0 Å². The van der Waals surface area contributed by atoms with Crippen LogP contribution >= 0.6 is 0 Å². The van der Waals surface area contributed by atoms with Crippen LogP contribution in [0.5, 0.6) is 0 Å². The van der Waals surface area contributed by atoms with Crippen molar-refractivity contribution < 1.29 is 19.2 Å². The van der Waals surface area contributed by atoms with E-state index in [0.29, 0.717) is 26.2 Å². The molecule has 2 saturated carbocycles. The maximum atomic E-state index is 13.9. The number of hydrogen-bond donors (Lipinski definition) is 0. The lowest BCUT2D eigenvalue weighted by Crippen LogP contribution is -2.35. The standard InChI is InChI=1S/C90H146N4O8/c1-5-9-13-17-27-40-52-74-68-76(54-41-29-20-24-34-46-64-92-85(97)61-62-86(92)98)75(67-73(74)51-38-16-12-8-4)53-42-30-21-25-35-47-65-93-87(99)79-69-81-82(70-80(79)88(93)100)90(102)94(89(81)101)66-48-36-26-22-32-44-56-78-72(50-39-28-19-23-33-45-63-91-83(95)59-60-84(91)96)58-57-71(49-37-15-11-7-3)77(78)55-43-31-18-14-10-6-2/h59-62,69-78H,5-58,63-68H2,1-4H3. The van der Waals surface area contributed by atoms with E-state index in [9.17, 15) is 38.4 Å². The van der Waals surface area contributed by atoms with Crippen LogP contribution in [-0.2, 0) is 32.3 Å². The second-order valence-corrected chi connectivity index (χ2v) is 33.2. The van der Waals surface area contributed by atoms with Crippen LogP contribution in [0.3, 0.4) is 0 Å². The lowest BCUT2D eigenvalue weighted by atomic mass is 9.61. The Morgan fingerprint density at radius 3 is 0.716 bits per heavy atom. The van der Waals surface area contributed by atoms with Gasteiger partial charge in [-0.05, 0) is 124 Å². The molecule has 4 aliphatic rings. The molecule has 102 heavy (non-hydrogen) atoms. The summed E-state index contributed by atoms with van der Waals surface area (Å²) in [6.07, 6.45) is 76.0. The van der Waals surface area contributed by atoms with E-state index >= 15 is 0 Å². The Morgan fingerprint density at radius 2 is 0.451 bits per heavy atom. The Balaban J connectivity index is 0.840. The summed E-state index contributed by atoms with van der Waals surface area (Å²) in [4.78, 5) is 106. The molecule has 2 aliphatic heterocycles. The van der Waals surface area contributed by atoms with Crippen molar-refractivity contribution >= 4 is 45.2 Å². The number of fused-ring (bicyclic) bond motifs is 2. The Morgan fingerprint density at radius 1 is 0.245 bits per heavy atom. The van der Waals surface area contributed by atoms with Gasteiger partial charge < -0.3 is 0 Å². The number of imide groups is 2. The zero-order valence-electron chi connectivity index (χ0n) is 65.6. The van der Waals surface area contributed by atoms with E-state index in [2.05, 4.69) is 27.7 Å². The zero-order chi connectivity index (χ0) is 72.5. The molecule has 12 heteroatoms. The van der Waals surface area contributed by atoms with Gasteiger partial charge in [0, 0.05) is 50.5 Å². The normalized spacial score (nSPS) is 20.9. The van der Waals surface area contributed by atoms with Crippen LogP contribution in [0.2, 0.25) is 0 Å². The molecule has 2 fully saturated rings. The summed E-state index contributed by atoms with van der Waals surface area (Å²) in [7, 11) is 0. The van der Waals surface area contributed by atoms with Crippen LogP contribution in [-0.4, -0.2) is 55.7 Å². The van der Waals surface area contributed by atoms with Gasteiger partial charge in [0.15, 0.2) is 0 Å². The first-order chi connectivity index (χ1) is 49.9. The molecule has 8 atom stereocenters. The van der Waals surface area contributed by atoms with E-state index in [1.807, 2.05) is 0 Å². The second kappa shape index (κ2) is 49.2. The van der Waals surface area contributed by atoms with E-state index in [1.54, 1.807) is 0 Å². The van der Waals surface area contributed by atoms with E-state index < -0.39 is 0 Å². The van der Waals surface area contributed by atoms with Crippen molar-refractivity contribution in [3.63, 3.8) is 0 Å². The van der Waals surface area contributed by atoms with Crippen LogP contribution in [0, 0.1) is 47.3 Å². The number of aromatic nitrogens is 2. The van der Waals surface area contributed by atoms with E-state index in [1.165, 1.54) is 325 Å². The van der Waals surface area contributed by atoms with Crippen molar-refractivity contribution in [2.24, 2.45) is 47.3 Å². The molecule has 12 nitrogen and oxygen atoms in total. The van der Waals surface area contributed by atoms with Gasteiger partial charge in [-0.1, -0.05) is 323 Å². The van der Waals surface area contributed by atoms with Gasteiger partial charge in [0.1, 0.15) is 0 Å². The highest BCUT2D eigenvalue weighted by molar-refractivity contribution is 6.13. The Bertz CT molecular complexity index is 3050. The lowest BCUT2D eigenvalue weighted by molar-refractivity contribution is -0.138. The van der Waals surface area contributed by atoms with Crippen LogP contribution in [0.1, 0.15) is 387 Å². The zero-order valence-corrected chi connectivity index (χ0v) is 65.6. The first-order valence-corrected chi connectivity index (χ1v) is 43.9. The Hall–Kier alpha value is -4.74. The number of carbonyl (C=O) groups excluding carboxylic acids is 4. The fourth-order valence-electron chi connectivity index (χ4n) is 19.4. The maximum absolute atomic E-state index is 13.9. The summed E-state index contributed by atoms with van der Waals surface area (Å²) < 4.78 is 2.70. The van der Waals surface area contributed by atoms with Gasteiger partial charge in [0.25, 0.3) is 45.9 Å². The predicted molar refractivity (Wildman–Crippen MR) is 426 cm³/mol. The Kier molecular flexibility index (Phi) is 40.8. The Labute approximate surface area is 618 Å². The monoisotopic (exact) mass is 1410 g/mol. The molecule has 4 heterocycles. The summed E-state index contributed by atoms with van der Waals surface area (Å²) >= 11 is 0. The van der Waals surface area contributed by atoms with Gasteiger partial charge in [-0.2, -0.15) is 0 Å².